The summed E-state index contributed by atoms with van der Waals surface area (Å²) >= 11 is 0. The maximum Gasteiger partial charge on any atom is 0.408 e. The maximum absolute atomic E-state index is 11.4. The number of amides is 1. The molecule has 3 heterocycles. The van der Waals surface area contributed by atoms with Crippen LogP contribution < -0.4 is 0 Å². The molecular formula is C15H22N4O2. The van der Waals surface area contributed by atoms with Gasteiger partial charge in [0, 0.05) is 37.4 Å². The molecule has 1 amide bonds. The van der Waals surface area contributed by atoms with Crippen molar-refractivity contribution in [3.8, 4) is 0 Å². The molecule has 1 unspecified atom stereocenters. The van der Waals surface area contributed by atoms with E-state index in [9.17, 15) is 9.90 Å². The zero-order valence-electron chi connectivity index (χ0n) is 12.2. The number of nitrogens with zero attached hydrogens (tertiary/aromatic N) is 4. The van der Waals surface area contributed by atoms with Gasteiger partial charge in [-0.05, 0) is 31.7 Å². The molecule has 1 aromatic rings. The predicted octanol–water partition coefficient (Wildman–Crippen LogP) is 2.01. The van der Waals surface area contributed by atoms with Crippen LogP contribution in [0.5, 0.6) is 0 Å². The highest BCUT2D eigenvalue weighted by Crippen LogP contribution is 2.54. The second-order valence-electron chi connectivity index (χ2n) is 6.75. The van der Waals surface area contributed by atoms with Gasteiger partial charge >= 0.3 is 6.09 Å². The van der Waals surface area contributed by atoms with Crippen molar-refractivity contribution in [2.45, 2.75) is 44.3 Å². The van der Waals surface area contributed by atoms with Crippen molar-refractivity contribution in [3.63, 3.8) is 0 Å². The molecule has 0 aromatic carbocycles. The molecule has 4 rings (SSSR count). The van der Waals surface area contributed by atoms with Gasteiger partial charge in [-0.1, -0.05) is 6.42 Å². The first-order valence-corrected chi connectivity index (χ1v) is 7.92. The Hall–Kier alpha value is -1.56. The van der Waals surface area contributed by atoms with Gasteiger partial charge in [0.1, 0.15) is 0 Å². The lowest BCUT2D eigenvalue weighted by atomic mass is 9.60. The van der Waals surface area contributed by atoms with Crippen LogP contribution in [0.1, 0.15) is 38.1 Å². The fraction of sp³-hybridized carbons (Fsp3) is 0.733. The molecule has 1 saturated carbocycles. The van der Waals surface area contributed by atoms with Crippen LogP contribution >= 0.6 is 0 Å². The van der Waals surface area contributed by atoms with E-state index in [4.69, 9.17) is 0 Å². The maximum atomic E-state index is 11.4. The van der Waals surface area contributed by atoms with E-state index in [1.54, 1.807) is 4.90 Å². The van der Waals surface area contributed by atoms with Crippen LogP contribution in [0.2, 0.25) is 0 Å². The van der Waals surface area contributed by atoms with Gasteiger partial charge in [-0.25, -0.2) is 4.79 Å². The Bertz CT molecular complexity index is 518. The van der Waals surface area contributed by atoms with Crippen molar-refractivity contribution in [3.05, 3.63) is 18.5 Å². The third kappa shape index (κ3) is 1.96. The number of rotatable bonds is 2. The summed E-state index contributed by atoms with van der Waals surface area (Å²) in [6.07, 6.45) is 8.99. The summed E-state index contributed by atoms with van der Waals surface area (Å²) in [7, 11) is 0. The number of hydrogen-bond donors (Lipinski definition) is 1. The Kier molecular flexibility index (Phi) is 2.96. The largest absolute Gasteiger partial charge is 0.465 e. The van der Waals surface area contributed by atoms with Gasteiger partial charge in [0.2, 0.25) is 0 Å². The van der Waals surface area contributed by atoms with Crippen LogP contribution in [0.4, 0.5) is 4.79 Å². The van der Waals surface area contributed by atoms with E-state index in [0.717, 1.165) is 32.5 Å². The monoisotopic (exact) mass is 290 g/mol. The highest BCUT2D eigenvalue weighted by Gasteiger charge is 2.60. The molecule has 1 atom stereocenters. The average Bonchev–Trinajstić information content (AvgIpc) is 2.90. The third-order valence-electron chi connectivity index (χ3n) is 5.67. The van der Waals surface area contributed by atoms with Crippen LogP contribution in [0.15, 0.2) is 18.5 Å². The normalized spacial score (nSPS) is 29.1. The highest BCUT2D eigenvalue weighted by molar-refractivity contribution is 5.67. The average molecular weight is 290 g/mol. The van der Waals surface area contributed by atoms with Crippen molar-refractivity contribution >= 4 is 6.09 Å². The molecule has 6 nitrogen and oxygen atoms in total. The van der Waals surface area contributed by atoms with Crippen molar-refractivity contribution in [1.29, 1.82) is 0 Å². The lowest BCUT2D eigenvalue weighted by Gasteiger charge is -2.64. The zero-order valence-corrected chi connectivity index (χ0v) is 12.2. The van der Waals surface area contributed by atoms with Gasteiger partial charge in [0.25, 0.3) is 0 Å². The minimum Gasteiger partial charge on any atom is -0.465 e. The molecule has 0 bridgehead atoms. The molecule has 0 radical (unpaired) electrons. The van der Waals surface area contributed by atoms with Crippen molar-refractivity contribution in [2.75, 3.05) is 19.6 Å². The molecule has 1 aliphatic carbocycles. The molecule has 6 heteroatoms. The number of hydrogen-bond acceptors (Lipinski definition) is 3. The number of likely N-dealkylation sites (tertiary alicyclic amines) is 2. The summed E-state index contributed by atoms with van der Waals surface area (Å²) in [6.45, 7) is 2.69. The molecule has 3 fully saturated rings. The number of aromatic nitrogens is 2. The molecule has 1 aromatic heterocycles. The molecule has 1 N–H and O–H groups in total. The summed E-state index contributed by atoms with van der Waals surface area (Å²) in [5, 5.41) is 13.7. The minimum absolute atomic E-state index is 0.127. The third-order valence-corrected chi connectivity index (χ3v) is 5.67. The van der Waals surface area contributed by atoms with Gasteiger partial charge in [0.15, 0.2) is 0 Å². The fourth-order valence-electron chi connectivity index (χ4n) is 4.42. The van der Waals surface area contributed by atoms with Crippen LogP contribution in [-0.2, 0) is 0 Å². The van der Waals surface area contributed by atoms with Gasteiger partial charge in [-0.3, -0.25) is 14.5 Å². The molecule has 114 valence electrons. The van der Waals surface area contributed by atoms with Gasteiger partial charge < -0.3 is 5.11 Å². The Morgan fingerprint density at radius 3 is 2.57 bits per heavy atom. The van der Waals surface area contributed by atoms with E-state index in [1.807, 2.05) is 23.1 Å². The van der Waals surface area contributed by atoms with Crippen molar-refractivity contribution in [1.82, 2.24) is 19.6 Å². The van der Waals surface area contributed by atoms with Gasteiger partial charge in [-0.15, -0.1) is 0 Å². The van der Waals surface area contributed by atoms with Crippen LogP contribution in [0.25, 0.3) is 0 Å². The molecule has 21 heavy (non-hydrogen) atoms. The van der Waals surface area contributed by atoms with E-state index >= 15 is 0 Å². The van der Waals surface area contributed by atoms with Crippen LogP contribution in [-0.4, -0.2) is 56.6 Å². The molecule has 3 aliphatic rings. The molecule has 2 aliphatic heterocycles. The highest BCUT2D eigenvalue weighted by atomic mass is 16.4. The molecule has 1 spiro atoms. The standard InChI is InChI=1S/C15H22N4O2/c20-14(21)18-11-15(5-1-6-15)13(18)17-9-3-12(4-10-17)19-8-2-7-16-19/h2,7-8,12-13H,1,3-6,9-11H2,(H,20,21). The molecular weight excluding hydrogens is 268 g/mol. The summed E-state index contributed by atoms with van der Waals surface area (Å²) in [5.74, 6) is 0. The lowest BCUT2D eigenvalue weighted by Crippen LogP contribution is -2.74. The number of piperidine rings is 1. The van der Waals surface area contributed by atoms with Crippen LogP contribution in [0, 0.1) is 5.41 Å². The first-order valence-electron chi connectivity index (χ1n) is 7.92. The van der Waals surface area contributed by atoms with E-state index in [-0.39, 0.29) is 11.6 Å². The lowest BCUT2D eigenvalue weighted by molar-refractivity contribution is -0.181. The van der Waals surface area contributed by atoms with Crippen LogP contribution in [0.3, 0.4) is 0 Å². The Balaban J connectivity index is 1.43. The summed E-state index contributed by atoms with van der Waals surface area (Å²) in [5.41, 5.74) is 0.275. The second kappa shape index (κ2) is 4.73. The summed E-state index contributed by atoms with van der Waals surface area (Å²) < 4.78 is 2.05. The number of carboxylic acid groups (broad SMARTS) is 1. The zero-order chi connectivity index (χ0) is 14.4. The Morgan fingerprint density at radius 1 is 1.29 bits per heavy atom. The quantitative estimate of drug-likeness (QED) is 0.905. The SMILES string of the molecule is O=C(O)N1CC2(CCC2)C1N1CCC(n2cccn2)CC1. The molecule has 2 saturated heterocycles. The smallest absolute Gasteiger partial charge is 0.408 e. The fourth-order valence-corrected chi connectivity index (χ4v) is 4.42. The first-order chi connectivity index (χ1) is 10.2. The minimum atomic E-state index is -0.758. The summed E-state index contributed by atoms with van der Waals surface area (Å²) in [4.78, 5) is 15.4. The number of carbonyl (C=O) groups is 1. The Morgan fingerprint density at radius 2 is 2.05 bits per heavy atom. The van der Waals surface area contributed by atoms with Gasteiger partial charge in [-0.2, -0.15) is 5.10 Å². The van der Waals surface area contributed by atoms with E-state index in [2.05, 4.69) is 10.00 Å². The second-order valence-corrected chi connectivity index (χ2v) is 6.75. The summed E-state index contributed by atoms with van der Waals surface area (Å²) in [6, 6.07) is 2.43. The predicted molar refractivity (Wildman–Crippen MR) is 76.9 cm³/mol. The topological polar surface area (TPSA) is 61.6 Å². The van der Waals surface area contributed by atoms with Crippen molar-refractivity contribution < 1.29 is 9.90 Å². The van der Waals surface area contributed by atoms with Crippen molar-refractivity contribution in [2.24, 2.45) is 5.41 Å². The van der Waals surface area contributed by atoms with E-state index in [0.29, 0.717) is 6.04 Å². The van der Waals surface area contributed by atoms with Gasteiger partial charge in [0.05, 0.1) is 12.2 Å². The first kappa shape index (κ1) is 13.1. The van der Waals surface area contributed by atoms with E-state index in [1.165, 1.54) is 19.3 Å². The van der Waals surface area contributed by atoms with E-state index < -0.39 is 6.09 Å². The Labute approximate surface area is 124 Å².